The first-order chi connectivity index (χ1) is 14.5. The van der Waals surface area contributed by atoms with Crippen molar-refractivity contribution in [1.82, 2.24) is 10.6 Å². The zero-order chi connectivity index (χ0) is 22.9. The van der Waals surface area contributed by atoms with Crippen LogP contribution in [0.4, 0.5) is 23.7 Å². The van der Waals surface area contributed by atoms with Gasteiger partial charge in [-0.2, -0.15) is 13.2 Å². The molecule has 0 fully saturated rings. The lowest BCUT2D eigenvalue weighted by molar-refractivity contribution is -0.137. The van der Waals surface area contributed by atoms with Crippen molar-refractivity contribution in [3.05, 3.63) is 63.3 Å². The predicted octanol–water partition coefficient (Wildman–Crippen LogP) is 4.45. The Morgan fingerprint density at radius 3 is 2.61 bits per heavy atom. The third kappa shape index (κ3) is 4.61. The number of hydrogen-bond acceptors (Lipinski definition) is 4. The molecule has 0 radical (unpaired) electrons. The van der Waals surface area contributed by atoms with Gasteiger partial charge in [0.25, 0.3) is 5.91 Å². The molecule has 11 heteroatoms. The van der Waals surface area contributed by atoms with Gasteiger partial charge in [0, 0.05) is 11.4 Å². The maximum absolute atomic E-state index is 13.0. The molecular formula is C20H17BrF3N3O4. The third-order valence-corrected chi connectivity index (χ3v) is 5.43. The van der Waals surface area contributed by atoms with Crippen molar-refractivity contribution < 1.29 is 32.6 Å². The van der Waals surface area contributed by atoms with Crippen molar-refractivity contribution in [3.63, 3.8) is 0 Å². The highest BCUT2D eigenvalue weighted by Crippen LogP contribution is 2.41. The molecule has 3 amide bonds. The summed E-state index contributed by atoms with van der Waals surface area (Å²) in [4.78, 5) is 25.0. The number of amides is 3. The number of carbonyl (C=O) groups excluding carboxylic acids is 2. The van der Waals surface area contributed by atoms with Crippen LogP contribution in [0.1, 0.15) is 24.1 Å². The predicted molar refractivity (Wildman–Crippen MR) is 110 cm³/mol. The van der Waals surface area contributed by atoms with Crippen LogP contribution in [0.15, 0.2) is 52.1 Å². The average molecular weight is 500 g/mol. The first-order valence-corrected chi connectivity index (χ1v) is 9.64. The highest BCUT2D eigenvalue weighted by atomic mass is 79.9. The van der Waals surface area contributed by atoms with Gasteiger partial charge in [0.05, 0.1) is 28.8 Å². The number of carbonyl (C=O) groups is 2. The van der Waals surface area contributed by atoms with Gasteiger partial charge in [-0.3, -0.25) is 4.79 Å². The molecule has 7 nitrogen and oxygen atoms in total. The van der Waals surface area contributed by atoms with Crippen LogP contribution in [0, 0.1) is 0 Å². The molecular weight excluding hydrogens is 483 g/mol. The van der Waals surface area contributed by atoms with Gasteiger partial charge >= 0.3 is 12.2 Å². The second-order valence-corrected chi connectivity index (χ2v) is 7.42. The summed E-state index contributed by atoms with van der Waals surface area (Å²) < 4.78 is 44.2. The Morgan fingerprint density at radius 2 is 1.97 bits per heavy atom. The quantitative estimate of drug-likeness (QED) is 0.499. The summed E-state index contributed by atoms with van der Waals surface area (Å²) >= 11 is 3.24. The number of aromatic hydroxyl groups is 1. The largest absolute Gasteiger partial charge is 0.503 e. The summed E-state index contributed by atoms with van der Waals surface area (Å²) in [5.74, 6) is -0.786. The summed E-state index contributed by atoms with van der Waals surface area (Å²) in [6.07, 6.45) is -4.57. The number of phenolic OH excluding ortho intramolecular Hbond substituents is 1. The molecule has 164 valence electrons. The number of nitrogens with one attached hydrogen (secondary N) is 3. The molecule has 2 aromatic carbocycles. The summed E-state index contributed by atoms with van der Waals surface area (Å²) in [6, 6.07) is 5.63. The van der Waals surface area contributed by atoms with E-state index in [1.807, 2.05) is 0 Å². The molecule has 0 bridgehead atoms. The lowest BCUT2D eigenvalue weighted by atomic mass is 9.94. The molecule has 1 aliphatic heterocycles. The molecule has 1 atom stereocenters. The van der Waals surface area contributed by atoms with Crippen molar-refractivity contribution in [2.45, 2.75) is 19.1 Å². The number of allylic oxidation sites excluding steroid dienone is 1. The Hall–Kier alpha value is -3.21. The molecule has 0 unspecified atom stereocenters. The minimum absolute atomic E-state index is 0.0577. The standard InChI is InChI=1S/C20H17BrF3N3O4/c1-9-14(18(29)26-11-5-3-4-10(8-11)20(22,23)24)16(27-19(30)25-9)12-6-7-13(31-2)17(28)15(12)21/h3-8,16,28H,1-2H3,(H,26,29)(H2,25,27,30)/t16-/m1/s1. The van der Waals surface area contributed by atoms with Gasteiger partial charge in [-0.25, -0.2) is 4.79 Å². The monoisotopic (exact) mass is 499 g/mol. The number of methoxy groups -OCH3 is 1. The lowest BCUT2D eigenvalue weighted by Crippen LogP contribution is -2.46. The Labute approximate surface area is 183 Å². The van der Waals surface area contributed by atoms with Gasteiger partial charge in [0.1, 0.15) is 0 Å². The normalized spacial score (nSPS) is 16.5. The fourth-order valence-corrected chi connectivity index (χ4v) is 3.71. The maximum atomic E-state index is 13.0. The van der Waals surface area contributed by atoms with E-state index in [0.29, 0.717) is 5.56 Å². The number of hydrogen-bond donors (Lipinski definition) is 4. The average Bonchev–Trinajstić information content (AvgIpc) is 2.69. The van der Waals surface area contributed by atoms with Crippen molar-refractivity contribution in [3.8, 4) is 11.5 Å². The summed E-state index contributed by atoms with van der Waals surface area (Å²) in [7, 11) is 1.37. The third-order valence-electron chi connectivity index (χ3n) is 4.60. The zero-order valence-corrected chi connectivity index (χ0v) is 17.8. The van der Waals surface area contributed by atoms with E-state index in [1.165, 1.54) is 32.2 Å². The Morgan fingerprint density at radius 1 is 1.26 bits per heavy atom. The van der Waals surface area contributed by atoms with Crippen molar-refractivity contribution in [2.24, 2.45) is 0 Å². The van der Waals surface area contributed by atoms with E-state index in [4.69, 9.17) is 4.74 Å². The molecule has 3 rings (SSSR count). The summed E-state index contributed by atoms with van der Waals surface area (Å²) in [6.45, 7) is 1.49. The van der Waals surface area contributed by atoms with Crippen molar-refractivity contribution >= 4 is 33.6 Å². The van der Waals surface area contributed by atoms with Gasteiger partial charge < -0.3 is 25.8 Å². The maximum Gasteiger partial charge on any atom is 0.416 e. The van der Waals surface area contributed by atoms with Crippen LogP contribution >= 0.6 is 15.9 Å². The number of benzene rings is 2. The molecule has 4 N–H and O–H groups in total. The van der Waals surface area contributed by atoms with E-state index in [-0.39, 0.29) is 32.9 Å². The van der Waals surface area contributed by atoms with Crippen LogP contribution in [0.5, 0.6) is 11.5 Å². The smallest absolute Gasteiger partial charge is 0.416 e. The van der Waals surface area contributed by atoms with E-state index in [2.05, 4.69) is 31.9 Å². The molecule has 31 heavy (non-hydrogen) atoms. The molecule has 0 saturated heterocycles. The van der Waals surface area contributed by atoms with Gasteiger partial charge in [0.2, 0.25) is 0 Å². The summed E-state index contributed by atoms with van der Waals surface area (Å²) in [5.41, 5.74) is -0.359. The SMILES string of the molecule is COc1ccc([C@H]2NC(=O)NC(C)=C2C(=O)Nc2cccc(C(F)(F)F)c2)c(Br)c1O. The first kappa shape index (κ1) is 22.5. The number of phenols is 1. The van der Waals surface area contributed by atoms with Crippen LogP contribution < -0.4 is 20.7 Å². The number of halogens is 4. The minimum Gasteiger partial charge on any atom is -0.503 e. The number of anilines is 1. The van der Waals surface area contributed by atoms with Crippen LogP contribution in [0.25, 0.3) is 0 Å². The molecule has 0 aliphatic carbocycles. The first-order valence-electron chi connectivity index (χ1n) is 8.85. The van der Waals surface area contributed by atoms with Crippen LogP contribution in [0.2, 0.25) is 0 Å². The van der Waals surface area contributed by atoms with Gasteiger partial charge in [-0.05, 0) is 52.7 Å². The van der Waals surface area contributed by atoms with Gasteiger partial charge in [-0.15, -0.1) is 0 Å². The minimum atomic E-state index is -4.57. The van der Waals surface area contributed by atoms with E-state index in [1.54, 1.807) is 6.07 Å². The van der Waals surface area contributed by atoms with E-state index in [9.17, 15) is 27.9 Å². The fourth-order valence-electron chi connectivity index (χ4n) is 3.15. The Balaban J connectivity index is 2.00. The van der Waals surface area contributed by atoms with Crippen molar-refractivity contribution in [1.29, 1.82) is 0 Å². The number of alkyl halides is 3. The van der Waals surface area contributed by atoms with E-state index in [0.717, 1.165) is 12.1 Å². The van der Waals surface area contributed by atoms with Crippen LogP contribution in [-0.4, -0.2) is 24.2 Å². The van der Waals surface area contributed by atoms with Crippen LogP contribution in [0.3, 0.4) is 0 Å². The highest BCUT2D eigenvalue weighted by molar-refractivity contribution is 9.10. The zero-order valence-electron chi connectivity index (χ0n) is 16.2. The lowest BCUT2D eigenvalue weighted by Gasteiger charge is -2.29. The summed E-state index contributed by atoms with van der Waals surface area (Å²) in [5, 5.41) is 17.8. The molecule has 1 heterocycles. The van der Waals surface area contributed by atoms with E-state index >= 15 is 0 Å². The van der Waals surface area contributed by atoms with E-state index < -0.39 is 29.7 Å². The number of ether oxygens (including phenoxy) is 1. The number of rotatable bonds is 4. The molecule has 0 saturated carbocycles. The van der Waals surface area contributed by atoms with Crippen LogP contribution in [-0.2, 0) is 11.0 Å². The van der Waals surface area contributed by atoms with Gasteiger partial charge in [0.15, 0.2) is 11.5 Å². The topological polar surface area (TPSA) is 99.7 Å². The second kappa shape index (κ2) is 8.50. The number of urea groups is 1. The van der Waals surface area contributed by atoms with Gasteiger partial charge in [-0.1, -0.05) is 12.1 Å². The molecule has 0 aromatic heterocycles. The molecule has 1 aliphatic rings. The molecule has 2 aromatic rings. The Bertz CT molecular complexity index is 1090. The fraction of sp³-hybridized carbons (Fsp3) is 0.200. The highest BCUT2D eigenvalue weighted by Gasteiger charge is 2.34. The Kier molecular flexibility index (Phi) is 6.16. The molecule has 0 spiro atoms. The second-order valence-electron chi connectivity index (χ2n) is 6.62. The van der Waals surface area contributed by atoms with Crippen molar-refractivity contribution in [2.75, 3.05) is 12.4 Å².